The number of hydrogen-bond acceptors (Lipinski definition) is 4. The molecule has 2 aromatic heterocycles. The molecule has 7 nitrogen and oxygen atoms in total. The van der Waals surface area contributed by atoms with E-state index in [0.717, 1.165) is 29.7 Å². The Labute approximate surface area is 152 Å². The Morgan fingerprint density at radius 3 is 2.54 bits per heavy atom. The zero-order valence-corrected chi connectivity index (χ0v) is 15.4. The minimum atomic E-state index is -0.676. The molecule has 0 fully saturated rings. The van der Waals surface area contributed by atoms with E-state index in [1.165, 1.54) is 0 Å². The summed E-state index contributed by atoms with van der Waals surface area (Å²) in [7, 11) is 3.97. The number of amides is 1. The average molecular weight is 352 g/mol. The molecule has 26 heavy (non-hydrogen) atoms. The van der Waals surface area contributed by atoms with Crippen LogP contribution in [0.4, 0.5) is 5.69 Å². The summed E-state index contributed by atoms with van der Waals surface area (Å²) in [5.41, 5.74) is 9.15. The van der Waals surface area contributed by atoms with Gasteiger partial charge in [0.15, 0.2) is 11.2 Å². The summed E-state index contributed by atoms with van der Waals surface area (Å²) in [5.74, 6) is -0.676. The first-order valence-corrected chi connectivity index (χ1v) is 8.56. The Morgan fingerprint density at radius 1 is 1.23 bits per heavy atom. The van der Waals surface area contributed by atoms with Crippen LogP contribution < -0.4 is 16.1 Å². The fourth-order valence-corrected chi connectivity index (χ4v) is 3.21. The van der Waals surface area contributed by atoms with Gasteiger partial charge in [-0.2, -0.15) is 0 Å². The Hall–Kier alpha value is -3.09. The van der Waals surface area contributed by atoms with E-state index in [1.54, 1.807) is 0 Å². The largest absolute Gasteiger partial charge is 0.377 e. The Kier molecular flexibility index (Phi) is 4.79. The van der Waals surface area contributed by atoms with Crippen molar-refractivity contribution >= 4 is 22.6 Å². The maximum atomic E-state index is 11.8. The fourth-order valence-electron chi connectivity index (χ4n) is 3.21. The van der Waals surface area contributed by atoms with Crippen molar-refractivity contribution in [2.24, 2.45) is 5.73 Å². The van der Waals surface area contributed by atoms with Crippen LogP contribution >= 0.6 is 0 Å². The average Bonchev–Trinajstić information content (AvgIpc) is 3.09. The van der Waals surface area contributed by atoms with E-state index < -0.39 is 5.91 Å². The van der Waals surface area contributed by atoms with Crippen LogP contribution in [0.1, 0.15) is 22.5 Å². The van der Waals surface area contributed by atoms with E-state index in [1.807, 2.05) is 67.1 Å². The van der Waals surface area contributed by atoms with Crippen LogP contribution in [0.25, 0.3) is 11.0 Å². The molecular formula is C19H24N6O. The van der Waals surface area contributed by atoms with Crippen molar-refractivity contribution in [3.63, 3.8) is 0 Å². The molecule has 0 spiro atoms. The maximum absolute atomic E-state index is 11.8. The first kappa shape index (κ1) is 17.7. The lowest BCUT2D eigenvalue weighted by Crippen LogP contribution is -2.32. The van der Waals surface area contributed by atoms with Gasteiger partial charge in [0.05, 0.1) is 11.0 Å². The summed E-state index contributed by atoms with van der Waals surface area (Å²) in [4.78, 5) is 18.1. The monoisotopic (exact) mass is 352 g/mol. The summed E-state index contributed by atoms with van der Waals surface area (Å²) in [6.45, 7) is 3.44. The van der Waals surface area contributed by atoms with Crippen LogP contribution in [-0.4, -0.2) is 34.1 Å². The molecule has 3 aromatic rings. The number of fused-ring (bicyclic) bond motifs is 1. The SMILES string of the molecule is Cc1cc2nc(C(N)=O)c(=N)n(CCCn3cccc3)c2cc1N(C)C. The Balaban J connectivity index is 2.09. The zero-order chi connectivity index (χ0) is 18.8. The number of benzene rings is 1. The van der Waals surface area contributed by atoms with Gasteiger partial charge < -0.3 is 19.8 Å². The minimum absolute atomic E-state index is 0.00969. The molecule has 3 N–H and O–H groups in total. The van der Waals surface area contributed by atoms with E-state index in [0.29, 0.717) is 12.1 Å². The number of nitrogens with zero attached hydrogens (tertiary/aromatic N) is 4. The molecule has 0 aliphatic rings. The van der Waals surface area contributed by atoms with Gasteiger partial charge in [0.1, 0.15) is 0 Å². The van der Waals surface area contributed by atoms with E-state index in [2.05, 4.69) is 9.55 Å². The first-order valence-electron chi connectivity index (χ1n) is 8.56. The molecule has 1 aromatic carbocycles. The summed E-state index contributed by atoms with van der Waals surface area (Å²) in [6.07, 6.45) is 4.85. The van der Waals surface area contributed by atoms with Gasteiger partial charge in [-0.05, 0) is 43.2 Å². The standard InChI is InChI=1S/C19H24N6O/c1-13-11-14-16(12-15(13)23(2)3)25(18(20)17(22-14)19(21)26)10-6-9-24-7-4-5-8-24/h4-5,7-8,11-12,20H,6,9-10H2,1-3H3,(H2,21,26). The van der Waals surface area contributed by atoms with E-state index in [4.69, 9.17) is 11.1 Å². The highest BCUT2D eigenvalue weighted by Crippen LogP contribution is 2.24. The Bertz CT molecular complexity index is 1000. The van der Waals surface area contributed by atoms with Gasteiger partial charge in [-0.25, -0.2) is 4.98 Å². The van der Waals surface area contributed by atoms with Crippen LogP contribution in [0.3, 0.4) is 0 Å². The fraction of sp³-hybridized carbons (Fsp3) is 0.316. The molecule has 0 saturated carbocycles. The molecular weight excluding hydrogens is 328 g/mol. The quantitative estimate of drug-likeness (QED) is 0.709. The predicted molar refractivity (Wildman–Crippen MR) is 102 cm³/mol. The number of nitrogens with one attached hydrogen (secondary N) is 1. The molecule has 136 valence electrons. The van der Waals surface area contributed by atoms with Gasteiger partial charge in [-0.3, -0.25) is 10.2 Å². The van der Waals surface area contributed by atoms with Gasteiger partial charge in [-0.1, -0.05) is 0 Å². The van der Waals surface area contributed by atoms with Crippen LogP contribution in [0, 0.1) is 12.3 Å². The van der Waals surface area contributed by atoms with Gasteiger partial charge in [-0.15, -0.1) is 0 Å². The van der Waals surface area contributed by atoms with Gasteiger partial charge >= 0.3 is 0 Å². The first-order chi connectivity index (χ1) is 12.4. The second-order valence-electron chi connectivity index (χ2n) is 6.62. The second-order valence-corrected chi connectivity index (χ2v) is 6.62. The smallest absolute Gasteiger partial charge is 0.271 e. The number of anilines is 1. The van der Waals surface area contributed by atoms with Crippen LogP contribution in [-0.2, 0) is 13.1 Å². The number of rotatable bonds is 6. The van der Waals surface area contributed by atoms with Crippen LogP contribution in [0.2, 0.25) is 0 Å². The van der Waals surface area contributed by atoms with Crippen molar-refractivity contribution in [1.29, 1.82) is 5.41 Å². The number of nitrogens with two attached hydrogens (primary N) is 1. The lowest BCUT2D eigenvalue weighted by Gasteiger charge is -2.19. The summed E-state index contributed by atoms with van der Waals surface area (Å²) in [6, 6.07) is 7.94. The molecule has 0 aliphatic carbocycles. The normalized spacial score (nSPS) is 11.0. The molecule has 2 heterocycles. The van der Waals surface area contributed by atoms with Crippen molar-refractivity contribution in [2.75, 3.05) is 19.0 Å². The number of hydrogen-bond donors (Lipinski definition) is 2. The summed E-state index contributed by atoms with van der Waals surface area (Å²) < 4.78 is 3.93. The van der Waals surface area contributed by atoms with E-state index in [-0.39, 0.29) is 11.2 Å². The van der Waals surface area contributed by atoms with Gasteiger partial charge in [0, 0.05) is 45.3 Å². The molecule has 0 bridgehead atoms. The van der Waals surface area contributed by atoms with Crippen molar-refractivity contribution in [1.82, 2.24) is 14.1 Å². The van der Waals surface area contributed by atoms with Crippen molar-refractivity contribution in [3.8, 4) is 0 Å². The lowest BCUT2D eigenvalue weighted by molar-refractivity contribution is 0.0993. The molecule has 0 atom stereocenters. The highest BCUT2D eigenvalue weighted by molar-refractivity contribution is 5.93. The topological polar surface area (TPSA) is 92.9 Å². The van der Waals surface area contributed by atoms with Crippen LogP contribution in [0.5, 0.6) is 0 Å². The highest BCUT2D eigenvalue weighted by Gasteiger charge is 2.15. The van der Waals surface area contributed by atoms with E-state index >= 15 is 0 Å². The highest BCUT2D eigenvalue weighted by atomic mass is 16.1. The third-order valence-electron chi connectivity index (χ3n) is 4.49. The lowest BCUT2D eigenvalue weighted by atomic mass is 10.1. The second kappa shape index (κ2) is 7.03. The summed E-state index contributed by atoms with van der Waals surface area (Å²) >= 11 is 0. The van der Waals surface area contributed by atoms with Crippen molar-refractivity contribution in [3.05, 3.63) is 53.4 Å². The molecule has 3 rings (SSSR count). The number of primary amides is 1. The molecule has 7 heteroatoms. The van der Waals surface area contributed by atoms with Crippen molar-refractivity contribution in [2.45, 2.75) is 26.4 Å². The molecule has 0 unspecified atom stereocenters. The number of carbonyl (C=O) groups excluding carboxylic acids is 1. The third-order valence-corrected chi connectivity index (χ3v) is 4.49. The molecule has 0 radical (unpaired) electrons. The van der Waals surface area contributed by atoms with Crippen molar-refractivity contribution < 1.29 is 4.79 Å². The molecule has 0 saturated heterocycles. The third kappa shape index (κ3) is 3.33. The molecule has 1 amide bonds. The van der Waals surface area contributed by atoms with E-state index in [9.17, 15) is 4.79 Å². The number of aromatic nitrogens is 3. The van der Waals surface area contributed by atoms with Crippen LogP contribution in [0.15, 0.2) is 36.7 Å². The number of aryl methyl sites for hydroxylation is 3. The van der Waals surface area contributed by atoms with Gasteiger partial charge in [0.2, 0.25) is 0 Å². The zero-order valence-electron chi connectivity index (χ0n) is 15.4. The molecule has 0 aliphatic heterocycles. The number of carbonyl (C=O) groups is 1. The minimum Gasteiger partial charge on any atom is -0.377 e. The summed E-state index contributed by atoms with van der Waals surface area (Å²) in [5, 5.41) is 8.42. The van der Waals surface area contributed by atoms with Gasteiger partial charge in [0.25, 0.3) is 5.91 Å². The predicted octanol–water partition coefficient (Wildman–Crippen LogP) is 1.88. The Morgan fingerprint density at radius 2 is 1.92 bits per heavy atom. The maximum Gasteiger partial charge on any atom is 0.271 e.